The van der Waals surface area contributed by atoms with Crippen LogP contribution in [0.2, 0.25) is 0 Å². The van der Waals surface area contributed by atoms with Crippen molar-refractivity contribution in [2.45, 2.75) is 26.4 Å². The van der Waals surface area contributed by atoms with Gasteiger partial charge in [-0.25, -0.2) is 9.78 Å². The molecule has 0 unspecified atom stereocenters. The smallest absolute Gasteiger partial charge is 0.413 e. The molecule has 2 heterocycles. The predicted molar refractivity (Wildman–Crippen MR) is 135 cm³/mol. The van der Waals surface area contributed by atoms with E-state index in [2.05, 4.69) is 25.8 Å². The zero-order chi connectivity index (χ0) is 24.1. The lowest BCUT2D eigenvalue weighted by Crippen LogP contribution is -2.27. The number of amides is 1. The summed E-state index contributed by atoms with van der Waals surface area (Å²) in [5.74, 6) is 1.03. The molecule has 34 heavy (non-hydrogen) atoms. The first-order chi connectivity index (χ1) is 16.3. The lowest BCUT2D eigenvalue weighted by molar-refractivity contribution is 0.0635. The van der Waals surface area contributed by atoms with Gasteiger partial charge in [-0.1, -0.05) is 41.7 Å². The van der Waals surface area contributed by atoms with Crippen LogP contribution in [0.4, 0.5) is 21.4 Å². The lowest BCUT2D eigenvalue weighted by atomic mass is 9.99. The molecule has 8 nitrogen and oxygen atoms in total. The van der Waals surface area contributed by atoms with Crippen molar-refractivity contribution in [3.8, 4) is 27.4 Å². The topological polar surface area (TPSA) is 98.3 Å². The van der Waals surface area contributed by atoms with E-state index in [0.717, 1.165) is 27.4 Å². The number of anilines is 3. The molecule has 9 heteroatoms. The quantitative estimate of drug-likeness (QED) is 0.334. The molecule has 0 aliphatic heterocycles. The molecule has 1 amide bonds. The van der Waals surface area contributed by atoms with Crippen LogP contribution >= 0.6 is 11.3 Å². The fraction of sp³-hybridized carbons (Fsp3) is 0.200. The van der Waals surface area contributed by atoms with Crippen LogP contribution in [-0.2, 0) is 4.74 Å². The van der Waals surface area contributed by atoms with Crippen molar-refractivity contribution in [2.75, 3.05) is 17.7 Å². The van der Waals surface area contributed by atoms with Gasteiger partial charge in [-0.3, -0.25) is 5.32 Å². The fourth-order valence-electron chi connectivity index (χ4n) is 3.27. The standard InChI is InChI=1S/C25H25N5O3S/c1-25(2,3)33-24(31)28-20-15-16(13-14-26-20)21-18(11-8-12-19(21)32-4)22-29-30-23(34-22)27-17-9-6-5-7-10-17/h5-15H,1-4H3,(H,27,30)(H,26,28,31). The minimum Gasteiger partial charge on any atom is -0.496 e. The summed E-state index contributed by atoms with van der Waals surface area (Å²) in [5.41, 5.74) is 2.81. The summed E-state index contributed by atoms with van der Waals surface area (Å²) >= 11 is 1.44. The first kappa shape index (κ1) is 23.2. The summed E-state index contributed by atoms with van der Waals surface area (Å²) in [7, 11) is 1.62. The van der Waals surface area contributed by atoms with E-state index in [-0.39, 0.29) is 0 Å². The molecule has 0 bridgehead atoms. The monoisotopic (exact) mass is 475 g/mol. The van der Waals surface area contributed by atoms with E-state index >= 15 is 0 Å². The van der Waals surface area contributed by atoms with Crippen molar-refractivity contribution in [3.05, 3.63) is 66.9 Å². The minimum atomic E-state index is -0.610. The molecule has 0 radical (unpaired) electrons. The Labute approximate surface area is 202 Å². The molecule has 2 aromatic heterocycles. The van der Waals surface area contributed by atoms with Crippen molar-refractivity contribution in [1.82, 2.24) is 15.2 Å². The molecule has 4 rings (SSSR count). The van der Waals surface area contributed by atoms with E-state index in [1.165, 1.54) is 11.3 Å². The fourth-order valence-corrected chi connectivity index (χ4v) is 4.06. The summed E-state index contributed by atoms with van der Waals surface area (Å²) in [5, 5.41) is 16.1. The Bertz CT molecular complexity index is 1290. The molecule has 0 saturated carbocycles. The number of ether oxygens (including phenoxy) is 2. The van der Waals surface area contributed by atoms with Gasteiger partial charge in [0.15, 0.2) is 0 Å². The summed E-state index contributed by atoms with van der Waals surface area (Å²) in [6.07, 6.45) is 1.05. The van der Waals surface area contributed by atoms with Crippen LogP contribution in [0, 0.1) is 0 Å². The Kier molecular flexibility index (Phi) is 6.74. The van der Waals surface area contributed by atoms with Crippen molar-refractivity contribution >= 4 is 34.1 Å². The summed E-state index contributed by atoms with van der Waals surface area (Å²) in [6.45, 7) is 5.42. The molecule has 0 fully saturated rings. The Balaban J connectivity index is 1.67. The second kappa shape index (κ2) is 9.88. The molecule has 0 atom stereocenters. The Morgan fingerprint density at radius 3 is 2.53 bits per heavy atom. The number of nitrogens with one attached hydrogen (secondary N) is 2. The molecule has 2 aromatic carbocycles. The summed E-state index contributed by atoms with van der Waals surface area (Å²) in [6, 6.07) is 19.2. The third kappa shape index (κ3) is 5.68. The van der Waals surface area contributed by atoms with E-state index in [1.807, 2.05) is 54.6 Å². The van der Waals surface area contributed by atoms with Crippen LogP contribution < -0.4 is 15.4 Å². The number of benzene rings is 2. The average molecular weight is 476 g/mol. The number of para-hydroxylation sites is 1. The van der Waals surface area contributed by atoms with Gasteiger partial charge >= 0.3 is 6.09 Å². The van der Waals surface area contributed by atoms with Gasteiger partial charge in [0.05, 0.1) is 7.11 Å². The number of hydrogen-bond acceptors (Lipinski definition) is 8. The van der Waals surface area contributed by atoms with Crippen LogP contribution in [0.5, 0.6) is 5.75 Å². The second-order valence-corrected chi connectivity index (χ2v) is 9.32. The van der Waals surface area contributed by atoms with Crippen LogP contribution in [-0.4, -0.2) is 34.0 Å². The number of hydrogen-bond donors (Lipinski definition) is 2. The van der Waals surface area contributed by atoms with Crippen molar-refractivity contribution in [2.24, 2.45) is 0 Å². The zero-order valence-corrected chi connectivity index (χ0v) is 20.1. The third-order valence-electron chi connectivity index (χ3n) is 4.60. The molecular weight excluding hydrogens is 450 g/mol. The highest BCUT2D eigenvalue weighted by molar-refractivity contribution is 7.18. The normalized spacial score (nSPS) is 11.1. The second-order valence-electron chi connectivity index (χ2n) is 8.34. The van der Waals surface area contributed by atoms with Gasteiger partial charge in [-0.15, -0.1) is 10.2 Å². The van der Waals surface area contributed by atoms with Gasteiger partial charge in [-0.05, 0) is 56.7 Å². The van der Waals surface area contributed by atoms with Gasteiger partial charge in [-0.2, -0.15) is 0 Å². The molecular formula is C25H25N5O3S. The Hall–Kier alpha value is -3.98. The number of carbonyl (C=O) groups is 1. The Morgan fingerprint density at radius 2 is 1.79 bits per heavy atom. The highest BCUT2D eigenvalue weighted by Crippen LogP contribution is 2.41. The van der Waals surface area contributed by atoms with Crippen molar-refractivity contribution < 1.29 is 14.3 Å². The van der Waals surface area contributed by atoms with Gasteiger partial charge in [0.25, 0.3) is 0 Å². The van der Waals surface area contributed by atoms with E-state index in [0.29, 0.717) is 16.7 Å². The number of nitrogens with zero attached hydrogens (tertiary/aromatic N) is 3. The van der Waals surface area contributed by atoms with Crippen LogP contribution in [0.25, 0.3) is 21.7 Å². The zero-order valence-electron chi connectivity index (χ0n) is 19.3. The van der Waals surface area contributed by atoms with Crippen LogP contribution in [0.3, 0.4) is 0 Å². The third-order valence-corrected chi connectivity index (χ3v) is 5.48. The SMILES string of the molecule is COc1cccc(-c2nnc(Nc3ccccc3)s2)c1-c1ccnc(NC(=O)OC(C)(C)C)c1. The van der Waals surface area contributed by atoms with Gasteiger partial charge in [0.1, 0.15) is 22.2 Å². The maximum Gasteiger partial charge on any atom is 0.413 e. The average Bonchev–Trinajstić information content (AvgIpc) is 3.26. The first-order valence-electron chi connectivity index (χ1n) is 10.6. The maximum absolute atomic E-state index is 12.2. The number of pyridine rings is 1. The summed E-state index contributed by atoms with van der Waals surface area (Å²) < 4.78 is 11.0. The van der Waals surface area contributed by atoms with Gasteiger partial charge < -0.3 is 14.8 Å². The minimum absolute atomic E-state index is 0.368. The van der Waals surface area contributed by atoms with E-state index in [1.54, 1.807) is 40.1 Å². The molecule has 174 valence electrons. The number of carbonyl (C=O) groups excluding carboxylic acids is 1. The van der Waals surface area contributed by atoms with Crippen LogP contribution in [0.1, 0.15) is 20.8 Å². The van der Waals surface area contributed by atoms with Gasteiger partial charge in [0, 0.05) is 23.0 Å². The first-order valence-corrected chi connectivity index (χ1v) is 11.4. The van der Waals surface area contributed by atoms with E-state index in [9.17, 15) is 4.79 Å². The highest BCUT2D eigenvalue weighted by atomic mass is 32.1. The predicted octanol–water partition coefficient (Wildman–Crippen LogP) is 6.37. The van der Waals surface area contributed by atoms with Crippen LogP contribution in [0.15, 0.2) is 66.9 Å². The largest absolute Gasteiger partial charge is 0.496 e. The summed E-state index contributed by atoms with van der Waals surface area (Å²) in [4.78, 5) is 16.5. The molecule has 0 aliphatic rings. The molecule has 0 spiro atoms. The Morgan fingerprint density at radius 1 is 1.00 bits per heavy atom. The molecule has 0 saturated heterocycles. The number of aromatic nitrogens is 3. The lowest BCUT2D eigenvalue weighted by Gasteiger charge is -2.19. The molecule has 0 aliphatic carbocycles. The maximum atomic E-state index is 12.2. The number of methoxy groups -OCH3 is 1. The van der Waals surface area contributed by atoms with E-state index in [4.69, 9.17) is 9.47 Å². The van der Waals surface area contributed by atoms with Crippen molar-refractivity contribution in [1.29, 1.82) is 0 Å². The molecule has 4 aromatic rings. The number of rotatable bonds is 6. The highest BCUT2D eigenvalue weighted by Gasteiger charge is 2.19. The van der Waals surface area contributed by atoms with E-state index < -0.39 is 11.7 Å². The molecule has 2 N–H and O–H groups in total. The van der Waals surface area contributed by atoms with Crippen molar-refractivity contribution in [3.63, 3.8) is 0 Å². The van der Waals surface area contributed by atoms with Gasteiger partial charge in [0.2, 0.25) is 5.13 Å².